The van der Waals surface area contributed by atoms with Gasteiger partial charge in [-0.2, -0.15) is 0 Å². The molecule has 1 unspecified atom stereocenters. The summed E-state index contributed by atoms with van der Waals surface area (Å²) in [6, 6.07) is 9.71. The number of hydrogen-bond donors (Lipinski definition) is 1. The van der Waals surface area contributed by atoms with Gasteiger partial charge < -0.3 is 0 Å². The van der Waals surface area contributed by atoms with Gasteiger partial charge in [-0.05, 0) is 161 Å². The standard InChI is InChI=1S/C32H48NOPS/c1-21(33-36(34)30(2,3)4)28-7-5-6-8-29(28)35(31-15-22-9-23(16-31)11-24(10-22)17-31)32-18-25-12-26(19-32)14-27(13-25)20-32/h5-8,21-27,33H,9-20H2,1-4H3/t21-,22?,23?,24?,25?,26?,27?,31?,32?,35?,36?/m0/s1. The van der Waals surface area contributed by atoms with Crippen molar-refractivity contribution in [2.75, 3.05) is 0 Å². The molecule has 9 rings (SSSR count). The molecule has 0 spiro atoms. The van der Waals surface area contributed by atoms with Gasteiger partial charge in [0.2, 0.25) is 0 Å². The third kappa shape index (κ3) is 4.03. The minimum atomic E-state index is -1.05. The first kappa shape index (κ1) is 24.8. The van der Waals surface area contributed by atoms with Crippen molar-refractivity contribution in [3.63, 3.8) is 0 Å². The van der Waals surface area contributed by atoms with Gasteiger partial charge in [0.05, 0.1) is 15.7 Å². The first-order valence-electron chi connectivity index (χ1n) is 15.2. The van der Waals surface area contributed by atoms with E-state index in [1.54, 1.807) is 5.30 Å². The minimum absolute atomic E-state index is 0.133. The van der Waals surface area contributed by atoms with Crippen LogP contribution in [0.4, 0.5) is 0 Å². The van der Waals surface area contributed by atoms with Crippen molar-refractivity contribution in [3.8, 4) is 0 Å². The van der Waals surface area contributed by atoms with Gasteiger partial charge in [-0.25, -0.2) is 8.93 Å². The highest BCUT2D eigenvalue weighted by molar-refractivity contribution is 7.84. The topological polar surface area (TPSA) is 29.1 Å². The molecule has 0 aliphatic heterocycles. The minimum Gasteiger partial charge on any atom is -0.242 e. The molecule has 8 saturated carbocycles. The van der Waals surface area contributed by atoms with Crippen LogP contribution in [0.5, 0.6) is 0 Å². The Morgan fingerprint density at radius 1 is 0.778 bits per heavy atom. The fraction of sp³-hybridized carbons (Fsp3) is 0.812. The Hall–Kier alpha value is -0.240. The lowest BCUT2D eigenvalue weighted by atomic mass is 9.55. The molecule has 2 atom stereocenters. The fourth-order valence-corrected chi connectivity index (χ4v) is 17.4. The zero-order valence-corrected chi connectivity index (χ0v) is 24.8. The van der Waals surface area contributed by atoms with Crippen molar-refractivity contribution in [2.24, 2.45) is 35.5 Å². The van der Waals surface area contributed by atoms with Gasteiger partial charge >= 0.3 is 0 Å². The highest BCUT2D eigenvalue weighted by atomic mass is 32.2. The molecule has 0 saturated heterocycles. The molecule has 36 heavy (non-hydrogen) atoms. The summed E-state index contributed by atoms with van der Waals surface area (Å²) in [5.74, 6) is 6.03. The van der Waals surface area contributed by atoms with Gasteiger partial charge in [-0.3, -0.25) is 0 Å². The van der Waals surface area contributed by atoms with Gasteiger partial charge in [0, 0.05) is 6.04 Å². The Bertz CT molecular complexity index is 928. The van der Waals surface area contributed by atoms with Crippen LogP contribution in [0, 0.1) is 35.5 Å². The molecule has 198 valence electrons. The summed E-state index contributed by atoms with van der Waals surface area (Å²) >= 11 is 0. The smallest absolute Gasteiger partial charge is 0.0975 e. The average molecular weight is 526 g/mol. The van der Waals surface area contributed by atoms with E-state index in [0.717, 1.165) is 35.5 Å². The van der Waals surface area contributed by atoms with Crippen molar-refractivity contribution >= 4 is 24.2 Å². The second-order valence-corrected chi connectivity index (χ2v) is 20.4. The number of benzene rings is 1. The van der Waals surface area contributed by atoms with Crippen LogP contribution in [0.15, 0.2) is 24.3 Å². The molecule has 1 aromatic carbocycles. The quantitative estimate of drug-likeness (QED) is 0.377. The van der Waals surface area contributed by atoms with Crippen molar-refractivity contribution in [2.45, 2.75) is 126 Å². The molecular formula is C32H48NOPS. The van der Waals surface area contributed by atoms with E-state index in [2.05, 4.69) is 56.7 Å². The Balaban J connectivity index is 1.34. The van der Waals surface area contributed by atoms with Crippen LogP contribution in [0.2, 0.25) is 0 Å². The average Bonchev–Trinajstić information content (AvgIpc) is 2.76. The zero-order chi connectivity index (χ0) is 24.9. The maximum Gasteiger partial charge on any atom is 0.0975 e. The Morgan fingerprint density at radius 2 is 1.17 bits per heavy atom. The summed E-state index contributed by atoms with van der Waals surface area (Å²) in [6.45, 7) is 8.56. The summed E-state index contributed by atoms with van der Waals surface area (Å²) < 4.78 is 16.5. The van der Waals surface area contributed by atoms with E-state index in [0.29, 0.717) is 10.3 Å². The van der Waals surface area contributed by atoms with Gasteiger partial charge in [0.15, 0.2) is 0 Å². The maximum absolute atomic E-state index is 13.2. The molecule has 8 aliphatic carbocycles. The fourth-order valence-electron chi connectivity index (χ4n) is 11.1. The van der Waals surface area contributed by atoms with Crippen LogP contribution in [0.1, 0.15) is 116 Å². The van der Waals surface area contributed by atoms with Crippen LogP contribution in [0.25, 0.3) is 0 Å². The number of nitrogens with one attached hydrogen (secondary N) is 1. The summed E-state index contributed by atoms with van der Waals surface area (Å²) in [5.41, 5.74) is 1.48. The highest BCUT2D eigenvalue weighted by Gasteiger charge is 2.63. The van der Waals surface area contributed by atoms with Gasteiger partial charge in [0.25, 0.3) is 0 Å². The van der Waals surface area contributed by atoms with Crippen molar-refractivity contribution < 1.29 is 4.21 Å². The third-order valence-electron chi connectivity index (χ3n) is 11.4. The van der Waals surface area contributed by atoms with E-state index in [1.807, 2.05) is 0 Å². The molecule has 2 nitrogen and oxygen atoms in total. The highest BCUT2D eigenvalue weighted by Crippen LogP contribution is 2.78. The van der Waals surface area contributed by atoms with Gasteiger partial charge in [-0.1, -0.05) is 32.2 Å². The van der Waals surface area contributed by atoms with Crippen molar-refractivity contribution in [3.05, 3.63) is 29.8 Å². The molecule has 0 aromatic heterocycles. The predicted octanol–water partition coefficient (Wildman–Crippen LogP) is 7.84. The first-order valence-corrected chi connectivity index (χ1v) is 17.7. The van der Waals surface area contributed by atoms with Gasteiger partial charge in [0.1, 0.15) is 0 Å². The second-order valence-electron chi connectivity index (χ2n) is 15.4. The molecule has 4 heteroatoms. The van der Waals surface area contributed by atoms with Crippen LogP contribution >= 0.6 is 7.92 Å². The number of rotatable bonds is 6. The largest absolute Gasteiger partial charge is 0.242 e. The van der Waals surface area contributed by atoms with Crippen molar-refractivity contribution in [1.29, 1.82) is 0 Å². The second kappa shape index (κ2) is 8.63. The van der Waals surface area contributed by atoms with E-state index < -0.39 is 11.0 Å². The lowest BCUT2D eigenvalue weighted by molar-refractivity contribution is 0.0195. The summed E-state index contributed by atoms with van der Waals surface area (Å²) in [6.07, 6.45) is 18.4. The van der Waals surface area contributed by atoms with Crippen LogP contribution in [-0.4, -0.2) is 19.3 Å². The van der Waals surface area contributed by atoms with E-state index in [9.17, 15) is 4.21 Å². The third-order valence-corrected chi connectivity index (χ3v) is 17.0. The lowest BCUT2D eigenvalue weighted by Gasteiger charge is -2.67. The molecule has 8 bridgehead atoms. The molecule has 1 aromatic rings. The first-order chi connectivity index (χ1) is 17.1. The molecule has 8 fully saturated rings. The summed E-state index contributed by atoms with van der Waals surface area (Å²) in [5, 5.41) is 2.88. The van der Waals surface area contributed by atoms with E-state index in [4.69, 9.17) is 0 Å². The molecule has 0 radical (unpaired) electrons. The lowest BCUT2D eigenvalue weighted by Crippen LogP contribution is -2.58. The Labute approximate surface area is 223 Å². The molecular weight excluding hydrogens is 477 g/mol. The summed E-state index contributed by atoms with van der Waals surface area (Å²) in [7, 11) is -1.30. The van der Waals surface area contributed by atoms with Crippen LogP contribution < -0.4 is 10.0 Å². The Morgan fingerprint density at radius 3 is 1.56 bits per heavy atom. The Kier molecular flexibility index (Phi) is 5.94. The predicted molar refractivity (Wildman–Crippen MR) is 154 cm³/mol. The SMILES string of the molecule is C[C@H](NS(=O)C(C)(C)C)c1ccccc1P(C12CC3CC(CC(C3)C1)C2)C12CC3CC(CC(C3)C1)C2. The molecule has 0 heterocycles. The summed E-state index contributed by atoms with van der Waals surface area (Å²) in [4.78, 5) is 0. The maximum atomic E-state index is 13.2. The van der Waals surface area contributed by atoms with Crippen LogP contribution in [-0.2, 0) is 11.0 Å². The van der Waals surface area contributed by atoms with Gasteiger partial charge in [-0.15, -0.1) is 0 Å². The van der Waals surface area contributed by atoms with Crippen LogP contribution in [0.3, 0.4) is 0 Å². The molecule has 0 amide bonds. The van der Waals surface area contributed by atoms with E-state index in [-0.39, 0.29) is 18.7 Å². The van der Waals surface area contributed by atoms with E-state index >= 15 is 0 Å². The monoisotopic (exact) mass is 525 g/mol. The molecule has 1 N–H and O–H groups in total. The van der Waals surface area contributed by atoms with Crippen molar-refractivity contribution in [1.82, 2.24) is 4.72 Å². The number of hydrogen-bond acceptors (Lipinski definition) is 1. The zero-order valence-electron chi connectivity index (χ0n) is 23.1. The molecule has 8 aliphatic rings. The normalized spacial score (nSPS) is 45.1. The van der Waals surface area contributed by atoms with E-state index in [1.165, 1.54) is 82.6 Å².